The summed E-state index contributed by atoms with van der Waals surface area (Å²) in [5.74, 6) is -0.609. The molecule has 2 rings (SSSR count). The summed E-state index contributed by atoms with van der Waals surface area (Å²) in [6.45, 7) is 4.57. The third kappa shape index (κ3) is 3.19. The van der Waals surface area contributed by atoms with Crippen LogP contribution in [0.25, 0.3) is 0 Å². The predicted octanol–water partition coefficient (Wildman–Crippen LogP) is -0.179. The highest BCUT2D eigenvalue weighted by Gasteiger charge is 2.27. The van der Waals surface area contributed by atoms with Gasteiger partial charge in [0.05, 0.1) is 0 Å². The van der Waals surface area contributed by atoms with Gasteiger partial charge in [-0.25, -0.2) is 0 Å². The first kappa shape index (κ1) is 12.4. The average molecular weight is 239 g/mol. The lowest BCUT2D eigenvalue weighted by atomic mass is 10.1. The van der Waals surface area contributed by atoms with Gasteiger partial charge in [-0.05, 0) is 32.2 Å². The topological polar surface area (TPSA) is 52.7 Å². The third-order valence-electron chi connectivity index (χ3n) is 3.45. The number of piperidine rings is 1. The fraction of sp³-hybridized carbons (Fsp3) is 0.833. The molecular weight excluding hydrogens is 218 g/mol. The molecule has 0 spiro atoms. The minimum Gasteiger partial charge on any atom is -0.334 e. The number of amides is 2. The van der Waals surface area contributed by atoms with E-state index in [4.69, 9.17) is 0 Å². The van der Waals surface area contributed by atoms with Crippen LogP contribution >= 0.6 is 0 Å². The van der Waals surface area contributed by atoms with Gasteiger partial charge in [0, 0.05) is 32.7 Å². The van der Waals surface area contributed by atoms with Crippen LogP contribution in [-0.2, 0) is 9.59 Å². The fourth-order valence-corrected chi connectivity index (χ4v) is 2.42. The van der Waals surface area contributed by atoms with E-state index in [1.807, 2.05) is 0 Å². The van der Waals surface area contributed by atoms with Gasteiger partial charge in [0.2, 0.25) is 0 Å². The Morgan fingerprint density at radius 3 is 2.00 bits per heavy atom. The molecule has 0 unspecified atom stereocenters. The van der Waals surface area contributed by atoms with E-state index in [-0.39, 0.29) is 11.8 Å². The van der Waals surface area contributed by atoms with Crippen LogP contribution in [0.15, 0.2) is 0 Å². The number of hydrogen-bond acceptors (Lipinski definition) is 3. The first-order valence-electron chi connectivity index (χ1n) is 6.58. The van der Waals surface area contributed by atoms with Crippen LogP contribution in [0.3, 0.4) is 0 Å². The molecule has 1 N–H and O–H groups in total. The fourth-order valence-electron chi connectivity index (χ4n) is 2.42. The van der Waals surface area contributed by atoms with Gasteiger partial charge in [-0.15, -0.1) is 0 Å². The van der Waals surface area contributed by atoms with Crippen molar-refractivity contribution in [3.05, 3.63) is 0 Å². The average Bonchev–Trinajstić information content (AvgIpc) is 2.67. The van der Waals surface area contributed by atoms with Gasteiger partial charge >= 0.3 is 11.8 Å². The molecule has 0 bridgehead atoms. The normalized spacial score (nSPS) is 22.1. The van der Waals surface area contributed by atoms with Crippen molar-refractivity contribution in [2.45, 2.75) is 25.7 Å². The Morgan fingerprint density at radius 1 is 0.706 bits per heavy atom. The highest BCUT2D eigenvalue weighted by Crippen LogP contribution is 2.10. The lowest BCUT2D eigenvalue weighted by molar-refractivity contribution is -0.152. The van der Waals surface area contributed by atoms with E-state index in [2.05, 4.69) is 5.32 Å². The molecule has 0 atom stereocenters. The van der Waals surface area contributed by atoms with Gasteiger partial charge in [0.1, 0.15) is 0 Å². The maximum absolute atomic E-state index is 12.1. The van der Waals surface area contributed by atoms with Crippen molar-refractivity contribution in [2.75, 3.05) is 39.3 Å². The van der Waals surface area contributed by atoms with Gasteiger partial charge in [0.15, 0.2) is 0 Å². The summed E-state index contributed by atoms with van der Waals surface area (Å²) in [7, 11) is 0. The molecule has 0 saturated carbocycles. The van der Waals surface area contributed by atoms with Crippen molar-refractivity contribution in [3.8, 4) is 0 Å². The number of nitrogens with one attached hydrogen (secondary N) is 1. The Bertz CT molecular complexity index is 279. The number of likely N-dealkylation sites (tertiary alicyclic amines) is 1. The molecule has 5 heteroatoms. The molecule has 5 nitrogen and oxygen atoms in total. The smallest absolute Gasteiger partial charge is 0.312 e. The highest BCUT2D eigenvalue weighted by atomic mass is 16.2. The summed E-state index contributed by atoms with van der Waals surface area (Å²) in [5.41, 5.74) is 0. The van der Waals surface area contributed by atoms with E-state index in [1.165, 1.54) is 6.42 Å². The van der Waals surface area contributed by atoms with Gasteiger partial charge in [-0.3, -0.25) is 9.59 Å². The summed E-state index contributed by atoms with van der Waals surface area (Å²) in [6.07, 6.45) is 4.16. The first-order valence-corrected chi connectivity index (χ1v) is 6.58. The molecule has 0 aromatic rings. The zero-order chi connectivity index (χ0) is 12.1. The molecule has 2 heterocycles. The van der Waals surface area contributed by atoms with Crippen LogP contribution in [0.4, 0.5) is 0 Å². The maximum atomic E-state index is 12.1. The van der Waals surface area contributed by atoms with E-state index in [9.17, 15) is 9.59 Å². The van der Waals surface area contributed by atoms with Gasteiger partial charge in [0.25, 0.3) is 0 Å². The molecule has 96 valence electrons. The van der Waals surface area contributed by atoms with Crippen molar-refractivity contribution in [3.63, 3.8) is 0 Å². The monoisotopic (exact) mass is 239 g/mol. The van der Waals surface area contributed by atoms with Gasteiger partial charge in [-0.2, -0.15) is 0 Å². The van der Waals surface area contributed by atoms with Crippen LogP contribution in [0, 0.1) is 0 Å². The number of carbonyl (C=O) groups excluding carboxylic acids is 2. The lowest BCUT2D eigenvalue weighted by Gasteiger charge is -2.28. The quantitative estimate of drug-likeness (QED) is 0.597. The van der Waals surface area contributed by atoms with Crippen LogP contribution in [0.5, 0.6) is 0 Å². The number of carbonyl (C=O) groups is 2. The van der Waals surface area contributed by atoms with Crippen LogP contribution in [-0.4, -0.2) is 60.9 Å². The standard InChI is InChI=1S/C12H21N3O2/c16-11(14-7-2-1-3-8-14)12(17)15-9-4-5-13-6-10-15/h13H,1-10H2. The minimum absolute atomic E-state index is 0.299. The Morgan fingerprint density at radius 2 is 1.29 bits per heavy atom. The second-order valence-electron chi connectivity index (χ2n) is 4.75. The molecule has 2 fully saturated rings. The summed E-state index contributed by atoms with van der Waals surface area (Å²) in [6, 6.07) is 0. The summed E-state index contributed by atoms with van der Waals surface area (Å²) in [4.78, 5) is 27.5. The molecule has 0 aliphatic carbocycles. The summed E-state index contributed by atoms with van der Waals surface area (Å²) in [5, 5.41) is 3.23. The van der Waals surface area contributed by atoms with Crippen LogP contribution in [0.1, 0.15) is 25.7 Å². The molecule has 0 aromatic carbocycles. The third-order valence-corrected chi connectivity index (χ3v) is 3.45. The Kier molecular flexibility index (Phi) is 4.36. The Hall–Kier alpha value is -1.10. The van der Waals surface area contributed by atoms with Gasteiger partial charge < -0.3 is 15.1 Å². The van der Waals surface area contributed by atoms with Crippen LogP contribution < -0.4 is 5.32 Å². The van der Waals surface area contributed by atoms with E-state index in [0.29, 0.717) is 13.1 Å². The summed E-state index contributed by atoms with van der Waals surface area (Å²) >= 11 is 0. The van der Waals surface area contributed by atoms with E-state index >= 15 is 0 Å². The zero-order valence-corrected chi connectivity index (χ0v) is 10.3. The number of nitrogens with zero attached hydrogens (tertiary/aromatic N) is 2. The number of hydrogen-bond donors (Lipinski definition) is 1. The van der Waals surface area contributed by atoms with Crippen molar-refractivity contribution < 1.29 is 9.59 Å². The van der Waals surface area contributed by atoms with Crippen molar-refractivity contribution in [1.82, 2.24) is 15.1 Å². The molecular formula is C12H21N3O2. The number of rotatable bonds is 0. The van der Waals surface area contributed by atoms with Crippen LogP contribution in [0.2, 0.25) is 0 Å². The van der Waals surface area contributed by atoms with Crippen molar-refractivity contribution in [1.29, 1.82) is 0 Å². The first-order chi connectivity index (χ1) is 8.29. The molecule has 17 heavy (non-hydrogen) atoms. The second-order valence-corrected chi connectivity index (χ2v) is 4.75. The Labute approximate surface area is 102 Å². The molecule has 2 aliphatic heterocycles. The Balaban J connectivity index is 1.90. The maximum Gasteiger partial charge on any atom is 0.312 e. The van der Waals surface area contributed by atoms with E-state index < -0.39 is 0 Å². The summed E-state index contributed by atoms with van der Waals surface area (Å²) < 4.78 is 0. The molecule has 2 aliphatic rings. The van der Waals surface area contributed by atoms with Crippen molar-refractivity contribution >= 4 is 11.8 Å². The molecule has 0 radical (unpaired) electrons. The minimum atomic E-state index is -0.310. The molecule has 2 amide bonds. The SMILES string of the molecule is O=C(C(=O)N1CCCNCC1)N1CCCCC1. The molecule has 0 aromatic heterocycles. The largest absolute Gasteiger partial charge is 0.334 e. The zero-order valence-electron chi connectivity index (χ0n) is 10.3. The highest BCUT2D eigenvalue weighted by molar-refractivity contribution is 6.34. The van der Waals surface area contributed by atoms with E-state index in [0.717, 1.165) is 45.4 Å². The van der Waals surface area contributed by atoms with Gasteiger partial charge in [-0.1, -0.05) is 0 Å². The van der Waals surface area contributed by atoms with E-state index in [1.54, 1.807) is 9.80 Å². The predicted molar refractivity (Wildman–Crippen MR) is 64.5 cm³/mol. The lowest BCUT2D eigenvalue weighted by Crippen LogP contribution is -2.47. The molecule has 2 saturated heterocycles. The second kappa shape index (κ2) is 6.00. The van der Waals surface area contributed by atoms with Crippen molar-refractivity contribution in [2.24, 2.45) is 0 Å².